The van der Waals surface area contributed by atoms with Crippen LogP contribution in [0.3, 0.4) is 0 Å². The SMILES string of the molecule is COc1ccc2c(c1)[C@]13CCN(CCNC(=O)O)[C@H](C2)[C@]12CC[C@@H]1[C@H]3[C@@H](CN1C(=O)c1ccccc1)C2. The van der Waals surface area contributed by atoms with Crippen LogP contribution in [-0.4, -0.2) is 72.3 Å². The lowest BCUT2D eigenvalue weighted by atomic mass is 9.43. The van der Waals surface area contributed by atoms with Crippen molar-refractivity contribution in [3.05, 3.63) is 65.2 Å². The average molecular weight is 502 g/mol. The average Bonchev–Trinajstić information content (AvgIpc) is 3.36. The second kappa shape index (κ2) is 8.22. The molecule has 2 N–H and O–H groups in total. The molecule has 7 heteroatoms. The van der Waals surface area contributed by atoms with Crippen molar-refractivity contribution in [1.82, 2.24) is 15.1 Å². The first-order chi connectivity index (χ1) is 18.0. The first-order valence-corrected chi connectivity index (χ1v) is 13.7. The van der Waals surface area contributed by atoms with Gasteiger partial charge < -0.3 is 20.1 Å². The van der Waals surface area contributed by atoms with E-state index < -0.39 is 6.09 Å². The fourth-order valence-corrected chi connectivity index (χ4v) is 9.77. The van der Waals surface area contributed by atoms with E-state index >= 15 is 0 Å². The number of likely N-dealkylation sites (tertiary alicyclic amines) is 2. The molecule has 2 aromatic rings. The molecule has 0 aromatic heterocycles. The van der Waals surface area contributed by atoms with E-state index in [1.165, 1.54) is 11.1 Å². The number of nitrogens with one attached hydrogen (secondary N) is 1. The number of hydrogen-bond donors (Lipinski definition) is 2. The number of carbonyl (C=O) groups is 2. The van der Waals surface area contributed by atoms with Gasteiger partial charge in [-0.3, -0.25) is 9.69 Å². The number of nitrogens with zero attached hydrogens (tertiary/aromatic N) is 2. The highest BCUT2D eigenvalue weighted by Crippen LogP contribution is 2.75. The Morgan fingerprint density at radius 1 is 1.16 bits per heavy atom. The van der Waals surface area contributed by atoms with Crippen LogP contribution in [0.4, 0.5) is 4.79 Å². The van der Waals surface area contributed by atoms with Crippen LogP contribution in [0.15, 0.2) is 48.5 Å². The lowest BCUT2D eigenvalue weighted by Gasteiger charge is -2.66. The van der Waals surface area contributed by atoms with E-state index in [2.05, 4.69) is 33.3 Å². The first kappa shape index (κ1) is 23.1. The molecule has 4 bridgehead atoms. The summed E-state index contributed by atoms with van der Waals surface area (Å²) in [5.74, 6) is 2.06. The van der Waals surface area contributed by atoms with E-state index in [0.717, 1.165) is 63.1 Å². The molecule has 2 aliphatic heterocycles. The maximum Gasteiger partial charge on any atom is 0.404 e. The van der Waals surface area contributed by atoms with Crippen molar-refractivity contribution in [2.24, 2.45) is 17.3 Å². The Bertz CT molecular complexity index is 1250. The smallest absolute Gasteiger partial charge is 0.404 e. The van der Waals surface area contributed by atoms with Crippen LogP contribution >= 0.6 is 0 Å². The summed E-state index contributed by atoms with van der Waals surface area (Å²) in [7, 11) is 1.75. The van der Waals surface area contributed by atoms with Gasteiger partial charge in [0.1, 0.15) is 5.75 Å². The van der Waals surface area contributed by atoms with Gasteiger partial charge in [-0.15, -0.1) is 0 Å². The summed E-state index contributed by atoms with van der Waals surface area (Å²) in [6.07, 6.45) is 4.43. The number of carboxylic acid groups (broad SMARTS) is 1. The van der Waals surface area contributed by atoms with E-state index in [1.54, 1.807) is 7.11 Å². The molecule has 7 rings (SSSR count). The predicted octanol–water partition coefficient (Wildman–Crippen LogP) is 3.77. The molecule has 3 aliphatic carbocycles. The molecule has 37 heavy (non-hydrogen) atoms. The summed E-state index contributed by atoms with van der Waals surface area (Å²) in [4.78, 5) is 29.6. The second-order valence-corrected chi connectivity index (χ2v) is 11.8. The number of rotatable bonds is 5. The van der Waals surface area contributed by atoms with Crippen molar-refractivity contribution in [3.8, 4) is 5.75 Å². The summed E-state index contributed by atoms with van der Waals surface area (Å²) < 4.78 is 5.73. The molecule has 2 heterocycles. The van der Waals surface area contributed by atoms with Gasteiger partial charge in [0.15, 0.2) is 0 Å². The van der Waals surface area contributed by atoms with Crippen molar-refractivity contribution in [2.45, 2.75) is 49.6 Å². The zero-order valence-electron chi connectivity index (χ0n) is 21.4. The number of ether oxygens (including phenoxy) is 1. The van der Waals surface area contributed by atoms with Crippen LogP contribution in [0.2, 0.25) is 0 Å². The second-order valence-electron chi connectivity index (χ2n) is 11.8. The highest BCUT2D eigenvalue weighted by Gasteiger charge is 2.76. The monoisotopic (exact) mass is 501 g/mol. The van der Waals surface area contributed by atoms with E-state index in [4.69, 9.17) is 9.84 Å². The molecular weight excluding hydrogens is 466 g/mol. The van der Waals surface area contributed by atoms with Gasteiger partial charge in [0.2, 0.25) is 0 Å². The van der Waals surface area contributed by atoms with Crippen molar-refractivity contribution in [2.75, 3.05) is 33.3 Å². The van der Waals surface area contributed by atoms with Crippen LogP contribution in [0.1, 0.15) is 47.2 Å². The Morgan fingerprint density at radius 2 is 2.00 bits per heavy atom. The Labute approximate surface area is 217 Å². The molecule has 7 nitrogen and oxygen atoms in total. The van der Waals surface area contributed by atoms with Gasteiger partial charge in [-0.2, -0.15) is 0 Å². The number of methoxy groups -OCH3 is 1. The lowest BCUT2D eigenvalue weighted by molar-refractivity contribution is -0.100. The third-order valence-electron chi connectivity index (χ3n) is 10.8. The summed E-state index contributed by atoms with van der Waals surface area (Å²) in [6.45, 7) is 3.02. The van der Waals surface area contributed by atoms with E-state index in [1.807, 2.05) is 30.3 Å². The standard InChI is InChI=1S/C30H35N3O4/c1-37-22-8-7-20-15-25-29-10-9-24-26(21(17-29)18-33(24)27(34)19-5-3-2-4-6-19)30(29,23(20)16-22)11-13-32(25)14-12-31-28(35)36/h2-8,16,21,24-26,31H,9-15,17-18H2,1H3,(H,35,36)/t21-,24-,25-,26-,29-,30+/m1/s1. The summed E-state index contributed by atoms with van der Waals surface area (Å²) in [5.41, 5.74) is 3.88. The molecule has 2 amide bonds. The number of fused-ring (bicyclic) bond motifs is 1. The molecular formula is C30H35N3O4. The van der Waals surface area contributed by atoms with E-state index in [9.17, 15) is 9.59 Å². The highest BCUT2D eigenvalue weighted by molar-refractivity contribution is 5.94. The fourth-order valence-electron chi connectivity index (χ4n) is 9.77. The Hall–Kier alpha value is -3.06. The van der Waals surface area contributed by atoms with Gasteiger partial charge in [0.25, 0.3) is 5.91 Å². The van der Waals surface area contributed by atoms with Crippen LogP contribution in [-0.2, 0) is 11.8 Å². The summed E-state index contributed by atoms with van der Waals surface area (Å²) >= 11 is 0. The third kappa shape index (κ3) is 3.03. The minimum absolute atomic E-state index is 0.0375. The van der Waals surface area contributed by atoms with Crippen molar-refractivity contribution < 1.29 is 19.4 Å². The van der Waals surface area contributed by atoms with E-state index in [0.29, 0.717) is 24.4 Å². The molecule has 4 fully saturated rings. The quantitative estimate of drug-likeness (QED) is 0.652. The largest absolute Gasteiger partial charge is 0.497 e. The first-order valence-electron chi connectivity index (χ1n) is 13.7. The summed E-state index contributed by atoms with van der Waals surface area (Å²) in [5, 5.41) is 11.7. The molecule has 5 aliphatic rings. The van der Waals surface area contributed by atoms with Gasteiger partial charge in [0.05, 0.1) is 7.11 Å². The van der Waals surface area contributed by atoms with Crippen molar-refractivity contribution >= 4 is 12.0 Å². The van der Waals surface area contributed by atoms with Gasteiger partial charge in [0, 0.05) is 42.7 Å². The topological polar surface area (TPSA) is 82.1 Å². The maximum absolute atomic E-state index is 13.7. The number of hydrogen-bond acceptors (Lipinski definition) is 4. The van der Waals surface area contributed by atoms with Gasteiger partial charge in [-0.05, 0) is 91.3 Å². The number of amides is 2. The highest BCUT2D eigenvalue weighted by atomic mass is 16.5. The van der Waals surface area contributed by atoms with Crippen LogP contribution < -0.4 is 10.1 Å². The number of carbonyl (C=O) groups excluding carboxylic acids is 1. The Balaban J connectivity index is 1.30. The molecule has 0 radical (unpaired) electrons. The lowest BCUT2D eigenvalue weighted by Crippen LogP contribution is -2.70. The maximum atomic E-state index is 13.7. The van der Waals surface area contributed by atoms with Crippen LogP contribution in [0.25, 0.3) is 0 Å². The normalized spacial score (nSPS) is 35.0. The number of benzene rings is 2. The van der Waals surface area contributed by atoms with E-state index in [-0.39, 0.29) is 22.8 Å². The summed E-state index contributed by atoms with van der Waals surface area (Å²) in [6, 6.07) is 17.1. The zero-order chi connectivity index (χ0) is 25.4. The number of piperidine rings is 1. The molecule has 2 saturated carbocycles. The van der Waals surface area contributed by atoms with Crippen LogP contribution in [0, 0.1) is 17.3 Å². The molecule has 0 unspecified atom stereocenters. The molecule has 6 atom stereocenters. The fraction of sp³-hybridized carbons (Fsp3) is 0.533. The predicted molar refractivity (Wildman–Crippen MR) is 139 cm³/mol. The van der Waals surface area contributed by atoms with Crippen LogP contribution in [0.5, 0.6) is 5.75 Å². The Morgan fingerprint density at radius 3 is 2.78 bits per heavy atom. The minimum Gasteiger partial charge on any atom is -0.497 e. The molecule has 2 aromatic carbocycles. The van der Waals surface area contributed by atoms with Crippen molar-refractivity contribution in [3.63, 3.8) is 0 Å². The zero-order valence-corrected chi connectivity index (χ0v) is 21.4. The molecule has 194 valence electrons. The van der Waals surface area contributed by atoms with Gasteiger partial charge in [-0.25, -0.2) is 4.79 Å². The third-order valence-corrected chi connectivity index (χ3v) is 10.8. The molecule has 2 saturated heterocycles. The van der Waals surface area contributed by atoms with Gasteiger partial charge >= 0.3 is 6.09 Å². The van der Waals surface area contributed by atoms with Gasteiger partial charge in [-0.1, -0.05) is 24.3 Å². The van der Waals surface area contributed by atoms with Crippen molar-refractivity contribution in [1.29, 1.82) is 0 Å². The minimum atomic E-state index is -0.954. The molecule has 0 spiro atoms. The Kier molecular flexibility index (Phi) is 5.13.